The lowest BCUT2D eigenvalue weighted by atomic mass is 10.2. The largest absolute Gasteiger partial charge is 0.378 e. The van der Waals surface area contributed by atoms with Crippen molar-refractivity contribution in [2.45, 2.75) is 43.6 Å². The fraction of sp³-hybridized carbons (Fsp3) is 0.650. The molecule has 3 rings (SSSR count). The molecule has 2 saturated heterocycles. The molecule has 2 aliphatic rings. The molecule has 0 spiro atoms. The Morgan fingerprint density at radius 2 is 2.20 bits per heavy atom. The van der Waals surface area contributed by atoms with E-state index in [0.717, 1.165) is 51.1 Å². The first-order valence-electron chi connectivity index (χ1n) is 9.68. The Bertz CT molecular complexity index is 531. The molecule has 4 nitrogen and oxygen atoms in total. The summed E-state index contributed by atoms with van der Waals surface area (Å²) in [6.07, 6.45) is 5.15. The highest BCUT2D eigenvalue weighted by atomic mass is 32.2. The predicted octanol–water partition coefficient (Wildman–Crippen LogP) is 3.64. The van der Waals surface area contributed by atoms with E-state index in [9.17, 15) is 0 Å². The number of ether oxygens (including phenoxy) is 1. The number of nitrogens with one attached hydrogen (secondary N) is 1. The first-order chi connectivity index (χ1) is 12.3. The van der Waals surface area contributed by atoms with Gasteiger partial charge in [-0.1, -0.05) is 18.2 Å². The van der Waals surface area contributed by atoms with Crippen LogP contribution < -0.4 is 5.32 Å². The van der Waals surface area contributed by atoms with E-state index < -0.39 is 0 Å². The topological polar surface area (TPSA) is 36.9 Å². The van der Waals surface area contributed by atoms with Gasteiger partial charge in [-0.25, -0.2) is 0 Å². The number of hydrogen-bond donors (Lipinski definition) is 1. The summed E-state index contributed by atoms with van der Waals surface area (Å²) in [5.74, 6) is 3.02. The molecule has 1 aromatic rings. The van der Waals surface area contributed by atoms with Crippen LogP contribution in [0.3, 0.4) is 0 Å². The number of nitrogens with zero attached hydrogens (tertiary/aromatic N) is 2. The molecule has 2 unspecified atom stereocenters. The molecule has 0 amide bonds. The van der Waals surface area contributed by atoms with Gasteiger partial charge in [0.05, 0.1) is 6.10 Å². The van der Waals surface area contributed by atoms with Crippen molar-refractivity contribution in [3.05, 3.63) is 30.3 Å². The first kappa shape index (κ1) is 18.6. The van der Waals surface area contributed by atoms with E-state index in [1.807, 2.05) is 11.8 Å². The van der Waals surface area contributed by atoms with Gasteiger partial charge in [0.1, 0.15) is 0 Å². The molecule has 2 aliphatic heterocycles. The first-order valence-corrected chi connectivity index (χ1v) is 10.7. The molecule has 0 aromatic heterocycles. The molecule has 0 radical (unpaired) electrons. The highest BCUT2D eigenvalue weighted by molar-refractivity contribution is 7.99. The normalized spacial score (nSPS) is 24.0. The molecule has 0 bridgehead atoms. The summed E-state index contributed by atoms with van der Waals surface area (Å²) in [5, 5.41) is 3.47. The Balaban J connectivity index is 1.45. The fourth-order valence-corrected chi connectivity index (χ4v) is 4.55. The van der Waals surface area contributed by atoms with Crippen LogP contribution in [-0.2, 0) is 4.74 Å². The van der Waals surface area contributed by atoms with Crippen molar-refractivity contribution in [3.8, 4) is 0 Å². The summed E-state index contributed by atoms with van der Waals surface area (Å²) in [6.45, 7) is 7.11. The lowest BCUT2D eigenvalue weighted by Gasteiger charge is -2.22. The second kappa shape index (κ2) is 10.1. The van der Waals surface area contributed by atoms with Crippen LogP contribution in [-0.4, -0.2) is 55.5 Å². The molecule has 2 heterocycles. The van der Waals surface area contributed by atoms with E-state index in [2.05, 4.69) is 47.5 Å². The number of guanidine groups is 1. The van der Waals surface area contributed by atoms with Crippen molar-refractivity contribution in [2.75, 3.05) is 38.5 Å². The molecule has 5 heteroatoms. The van der Waals surface area contributed by atoms with Crippen molar-refractivity contribution < 1.29 is 4.74 Å². The zero-order chi connectivity index (χ0) is 17.3. The Hall–Kier alpha value is -1.20. The van der Waals surface area contributed by atoms with E-state index in [0.29, 0.717) is 6.10 Å². The van der Waals surface area contributed by atoms with Crippen LogP contribution in [0.25, 0.3) is 0 Å². The number of thioether (sulfide) groups is 1. The average Bonchev–Trinajstić information content (AvgIpc) is 3.32. The second-order valence-corrected chi connectivity index (χ2v) is 7.98. The summed E-state index contributed by atoms with van der Waals surface area (Å²) in [7, 11) is 0. The lowest BCUT2D eigenvalue weighted by Crippen LogP contribution is -2.40. The van der Waals surface area contributed by atoms with Crippen LogP contribution in [0.2, 0.25) is 0 Å². The number of hydrogen-bond acceptors (Lipinski definition) is 3. The monoisotopic (exact) mass is 361 g/mol. The predicted molar refractivity (Wildman–Crippen MR) is 106 cm³/mol. The molecule has 1 aromatic carbocycles. The summed E-state index contributed by atoms with van der Waals surface area (Å²) in [4.78, 5) is 8.67. The van der Waals surface area contributed by atoms with Crippen LogP contribution >= 0.6 is 11.8 Å². The minimum Gasteiger partial charge on any atom is -0.378 e. The van der Waals surface area contributed by atoms with Gasteiger partial charge < -0.3 is 15.0 Å². The van der Waals surface area contributed by atoms with E-state index >= 15 is 0 Å². The third kappa shape index (κ3) is 5.93. The number of rotatable bonds is 7. The maximum atomic E-state index is 5.71. The minimum atomic E-state index is 0.431. The van der Waals surface area contributed by atoms with Crippen LogP contribution in [0.15, 0.2) is 40.2 Å². The van der Waals surface area contributed by atoms with Crippen molar-refractivity contribution >= 4 is 17.7 Å². The van der Waals surface area contributed by atoms with E-state index in [-0.39, 0.29) is 0 Å². The van der Waals surface area contributed by atoms with Crippen LogP contribution in [0.4, 0.5) is 0 Å². The molecule has 2 atom stereocenters. The zero-order valence-corrected chi connectivity index (χ0v) is 16.1. The highest BCUT2D eigenvalue weighted by Gasteiger charge is 2.25. The fourth-order valence-electron chi connectivity index (χ4n) is 3.50. The maximum Gasteiger partial charge on any atom is 0.193 e. The lowest BCUT2D eigenvalue weighted by molar-refractivity contribution is 0.106. The van der Waals surface area contributed by atoms with E-state index in [1.165, 1.54) is 29.9 Å². The van der Waals surface area contributed by atoms with Crippen molar-refractivity contribution in [3.63, 3.8) is 0 Å². The van der Waals surface area contributed by atoms with Crippen molar-refractivity contribution in [1.82, 2.24) is 10.2 Å². The van der Waals surface area contributed by atoms with E-state index in [4.69, 9.17) is 9.73 Å². The average molecular weight is 362 g/mol. The standard InChI is InChI=1S/C20H31N3OS/c1-2-21-20(22-12-10-18-7-6-14-24-18)23-13-11-17(15-23)16-25-19-8-4-3-5-9-19/h3-5,8-9,17-18H,2,6-7,10-16H2,1H3,(H,21,22). The van der Waals surface area contributed by atoms with Gasteiger partial charge in [-0.05, 0) is 50.7 Å². The van der Waals surface area contributed by atoms with Gasteiger partial charge in [-0.15, -0.1) is 11.8 Å². The Labute approximate surface area is 156 Å². The van der Waals surface area contributed by atoms with Crippen LogP contribution in [0.1, 0.15) is 32.6 Å². The molecular formula is C20H31N3OS. The van der Waals surface area contributed by atoms with Crippen molar-refractivity contribution in [1.29, 1.82) is 0 Å². The number of benzene rings is 1. The van der Waals surface area contributed by atoms with Gasteiger partial charge in [0.2, 0.25) is 0 Å². The van der Waals surface area contributed by atoms with Gasteiger partial charge in [0.25, 0.3) is 0 Å². The van der Waals surface area contributed by atoms with E-state index in [1.54, 1.807) is 0 Å². The molecular weight excluding hydrogens is 330 g/mol. The summed E-state index contributed by atoms with van der Waals surface area (Å²) in [6, 6.07) is 10.7. The second-order valence-electron chi connectivity index (χ2n) is 6.88. The van der Waals surface area contributed by atoms with Crippen molar-refractivity contribution in [2.24, 2.45) is 10.9 Å². The van der Waals surface area contributed by atoms with Gasteiger partial charge in [-0.2, -0.15) is 0 Å². The zero-order valence-electron chi connectivity index (χ0n) is 15.3. The summed E-state index contributed by atoms with van der Waals surface area (Å²) < 4.78 is 5.71. The van der Waals surface area contributed by atoms with Gasteiger partial charge in [-0.3, -0.25) is 4.99 Å². The quantitative estimate of drug-likeness (QED) is 0.457. The van der Waals surface area contributed by atoms with Gasteiger partial charge >= 0.3 is 0 Å². The van der Waals surface area contributed by atoms with Gasteiger partial charge in [0.15, 0.2) is 5.96 Å². The van der Waals surface area contributed by atoms with Crippen LogP contribution in [0.5, 0.6) is 0 Å². The molecule has 138 valence electrons. The number of likely N-dealkylation sites (tertiary alicyclic amines) is 1. The molecule has 0 saturated carbocycles. The maximum absolute atomic E-state index is 5.71. The SMILES string of the molecule is CCNC(=NCCC1CCCO1)N1CCC(CSc2ccccc2)C1. The minimum absolute atomic E-state index is 0.431. The third-order valence-electron chi connectivity index (χ3n) is 4.89. The summed E-state index contributed by atoms with van der Waals surface area (Å²) in [5.41, 5.74) is 0. The summed E-state index contributed by atoms with van der Waals surface area (Å²) >= 11 is 1.98. The molecule has 2 fully saturated rings. The molecule has 25 heavy (non-hydrogen) atoms. The Morgan fingerprint density at radius 1 is 1.32 bits per heavy atom. The van der Waals surface area contributed by atoms with Gasteiger partial charge in [0, 0.05) is 43.4 Å². The Kier molecular flexibility index (Phi) is 7.49. The smallest absolute Gasteiger partial charge is 0.193 e. The molecule has 1 N–H and O–H groups in total. The van der Waals surface area contributed by atoms with Crippen LogP contribution in [0, 0.1) is 5.92 Å². The molecule has 0 aliphatic carbocycles. The third-order valence-corrected chi connectivity index (χ3v) is 6.13. The Morgan fingerprint density at radius 3 is 2.96 bits per heavy atom. The number of aliphatic imine (C=N–C) groups is 1. The highest BCUT2D eigenvalue weighted by Crippen LogP contribution is 2.26.